The zero-order valence-electron chi connectivity index (χ0n) is 16.9. The van der Waals surface area contributed by atoms with Crippen LogP contribution in [-0.2, 0) is 30.4 Å². The lowest BCUT2D eigenvalue weighted by molar-refractivity contribution is -0.328. The van der Waals surface area contributed by atoms with E-state index in [1.54, 1.807) is 13.8 Å². The summed E-state index contributed by atoms with van der Waals surface area (Å²) in [6.07, 6.45) is -8.19. The van der Waals surface area contributed by atoms with E-state index in [4.69, 9.17) is 23.8 Å². The first-order valence-corrected chi connectivity index (χ1v) is 10.0. The van der Waals surface area contributed by atoms with Crippen molar-refractivity contribution in [2.24, 2.45) is 0 Å². The number of hydroxylamine groups is 2. The van der Waals surface area contributed by atoms with E-state index in [1.165, 1.54) is 5.06 Å². The van der Waals surface area contributed by atoms with E-state index in [1.807, 2.05) is 30.3 Å². The molecule has 0 spiro atoms. The SMILES string of the molecule is CC1(C)O[C@H]2O[C@H](CN(OCc3ccccc3)[C@@H]3OC[C@@H](O)[C@H](O)[C@H]3O)[C@H](O)[C@H]2O1. The number of ether oxygens (including phenoxy) is 4. The van der Waals surface area contributed by atoms with Gasteiger partial charge >= 0.3 is 0 Å². The Kier molecular flexibility index (Phi) is 6.43. The van der Waals surface area contributed by atoms with E-state index in [0.29, 0.717) is 0 Å². The maximum Gasteiger partial charge on any atom is 0.190 e. The standard InChI is InChI=1S/C20H29NO9/c1-20(2)29-17-15(24)13(28-19(17)30-20)8-21(27-9-11-6-4-3-5-7-11)18-16(25)14(23)12(22)10-26-18/h3-7,12-19,22-25H,8-10H2,1-2H3/t12-,13-,14+,15+,16-,17-,18-,19-/m1/s1. The minimum Gasteiger partial charge on any atom is -0.388 e. The fraction of sp³-hybridized carbons (Fsp3) is 0.700. The van der Waals surface area contributed by atoms with Crippen LogP contribution in [0, 0.1) is 0 Å². The van der Waals surface area contributed by atoms with Gasteiger partial charge in [-0.25, -0.2) is 0 Å². The molecule has 1 aromatic rings. The molecule has 0 aliphatic carbocycles. The Labute approximate surface area is 174 Å². The highest BCUT2D eigenvalue weighted by Gasteiger charge is 2.55. The van der Waals surface area contributed by atoms with Crippen LogP contribution in [0.2, 0.25) is 0 Å². The van der Waals surface area contributed by atoms with Crippen molar-refractivity contribution < 1.29 is 44.2 Å². The zero-order valence-corrected chi connectivity index (χ0v) is 16.9. The molecule has 3 aliphatic rings. The van der Waals surface area contributed by atoms with Gasteiger partial charge in [-0.2, -0.15) is 5.06 Å². The van der Waals surface area contributed by atoms with Gasteiger partial charge in [-0.15, -0.1) is 0 Å². The lowest BCUT2D eigenvalue weighted by Gasteiger charge is -2.41. The number of fused-ring (bicyclic) bond motifs is 1. The molecule has 3 heterocycles. The van der Waals surface area contributed by atoms with E-state index >= 15 is 0 Å². The lowest BCUT2D eigenvalue weighted by Crippen LogP contribution is -2.60. The molecule has 3 aliphatic heterocycles. The van der Waals surface area contributed by atoms with Crippen LogP contribution in [0.25, 0.3) is 0 Å². The molecule has 0 amide bonds. The number of aliphatic hydroxyl groups excluding tert-OH is 4. The largest absolute Gasteiger partial charge is 0.388 e. The van der Waals surface area contributed by atoms with Crippen LogP contribution < -0.4 is 0 Å². The molecule has 0 bridgehead atoms. The molecule has 8 atom stereocenters. The second-order valence-electron chi connectivity index (χ2n) is 8.26. The molecular weight excluding hydrogens is 398 g/mol. The maximum atomic E-state index is 10.7. The molecule has 0 radical (unpaired) electrons. The van der Waals surface area contributed by atoms with Gasteiger partial charge in [0.2, 0.25) is 0 Å². The summed E-state index contributed by atoms with van der Waals surface area (Å²) in [5.41, 5.74) is 0.881. The highest BCUT2D eigenvalue weighted by molar-refractivity contribution is 5.13. The third-order valence-corrected chi connectivity index (χ3v) is 5.47. The van der Waals surface area contributed by atoms with Crippen LogP contribution in [-0.4, -0.2) is 93.6 Å². The monoisotopic (exact) mass is 427 g/mol. The Hall–Kier alpha value is -1.18. The van der Waals surface area contributed by atoms with Crippen molar-refractivity contribution >= 4 is 0 Å². The number of rotatable bonds is 6. The molecule has 3 saturated heterocycles. The van der Waals surface area contributed by atoms with Crippen molar-refractivity contribution in [3.8, 4) is 0 Å². The zero-order chi connectivity index (χ0) is 21.5. The van der Waals surface area contributed by atoms with E-state index in [-0.39, 0.29) is 19.8 Å². The van der Waals surface area contributed by atoms with E-state index in [9.17, 15) is 20.4 Å². The second kappa shape index (κ2) is 8.75. The highest BCUT2D eigenvalue weighted by Crippen LogP contribution is 2.38. The molecule has 30 heavy (non-hydrogen) atoms. The van der Waals surface area contributed by atoms with E-state index < -0.39 is 54.9 Å². The Morgan fingerprint density at radius 2 is 1.77 bits per heavy atom. The van der Waals surface area contributed by atoms with Gasteiger partial charge in [-0.05, 0) is 19.4 Å². The van der Waals surface area contributed by atoms with Crippen LogP contribution in [0.4, 0.5) is 0 Å². The lowest BCUT2D eigenvalue weighted by atomic mass is 10.0. The van der Waals surface area contributed by atoms with Crippen molar-refractivity contribution in [1.82, 2.24) is 5.06 Å². The number of aliphatic hydroxyl groups is 4. The van der Waals surface area contributed by atoms with Crippen molar-refractivity contribution in [1.29, 1.82) is 0 Å². The van der Waals surface area contributed by atoms with E-state index in [2.05, 4.69) is 0 Å². The smallest absolute Gasteiger partial charge is 0.190 e. The van der Waals surface area contributed by atoms with Gasteiger partial charge in [0, 0.05) is 0 Å². The predicted octanol–water partition coefficient (Wildman–Crippen LogP) is -0.903. The summed E-state index contributed by atoms with van der Waals surface area (Å²) in [5, 5.41) is 42.3. The Balaban J connectivity index is 1.46. The van der Waals surface area contributed by atoms with Crippen molar-refractivity contribution in [2.75, 3.05) is 13.2 Å². The molecule has 10 heteroatoms. The van der Waals surface area contributed by atoms with Gasteiger partial charge in [0.1, 0.15) is 36.6 Å². The summed E-state index contributed by atoms with van der Waals surface area (Å²) in [6.45, 7) is 3.49. The second-order valence-corrected chi connectivity index (χ2v) is 8.26. The first-order chi connectivity index (χ1) is 14.2. The van der Waals surface area contributed by atoms with Gasteiger partial charge in [0.15, 0.2) is 18.3 Å². The van der Waals surface area contributed by atoms with Gasteiger partial charge in [0.05, 0.1) is 19.8 Å². The molecule has 4 N–H and O–H groups in total. The van der Waals surface area contributed by atoms with Gasteiger partial charge in [0.25, 0.3) is 0 Å². The fourth-order valence-corrected chi connectivity index (χ4v) is 3.89. The summed E-state index contributed by atoms with van der Waals surface area (Å²) in [7, 11) is 0. The number of hydrogen-bond acceptors (Lipinski definition) is 10. The first-order valence-electron chi connectivity index (χ1n) is 10.0. The van der Waals surface area contributed by atoms with Gasteiger partial charge in [-0.3, -0.25) is 4.84 Å². The predicted molar refractivity (Wildman–Crippen MR) is 100 cm³/mol. The molecule has 168 valence electrons. The third kappa shape index (κ3) is 4.53. The minimum atomic E-state index is -1.42. The van der Waals surface area contributed by atoms with Gasteiger partial charge < -0.3 is 39.4 Å². The Bertz CT molecular complexity index is 705. The third-order valence-electron chi connectivity index (χ3n) is 5.47. The summed E-state index contributed by atoms with van der Waals surface area (Å²) in [5.74, 6) is -0.853. The maximum absolute atomic E-state index is 10.7. The average molecular weight is 427 g/mol. The molecule has 0 unspecified atom stereocenters. The quantitative estimate of drug-likeness (QED) is 0.424. The number of benzene rings is 1. The highest BCUT2D eigenvalue weighted by atomic mass is 16.8. The molecule has 0 saturated carbocycles. The number of hydrogen-bond donors (Lipinski definition) is 4. The molecular formula is C20H29NO9. The van der Waals surface area contributed by atoms with Crippen molar-refractivity contribution in [3.05, 3.63) is 35.9 Å². The summed E-state index contributed by atoms with van der Waals surface area (Å²) >= 11 is 0. The topological polar surface area (TPSA) is 130 Å². The van der Waals surface area contributed by atoms with Crippen LogP contribution in [0.1, 0.15) is 19.4 Å². The Morgan fingerprint density at radius 1 is 1.03 bits per heavy atom. The average Bonchev–Trinajstić information content (AvgIpc) is 3.16. The van der Waals surface area contributed by atoms with Crippen molar-refractivity contribution in [3.63, 3.8) is 0 Å². The van der Waals surface area contributed by atoms with Crippen LogP contribution in [0.5, 0.6) is 0 Å². The summed E-state index contributed by atoms with van der Waals surface area (Å²) in [4.78, 5) is 5.88. The Morgan fingerprint density at radius 3 is 2.47 bits per heavy atom. The van der Waals surface area contributed by atoms with Crippen LogP contribution in [0.15, 0.2) is 30.3 Å². The molecule has 10 nitrogen and oxygen atoms in total. The minimum absolute atomic E-state index is 0.0126. The van der Waals surface area contributed by atoms with Crippen LogP contribution in [0.3, 0.4) is 0 Å². The first kappa shape index (κ1) is 22.0. The molecule has 3 fully saturated rings. The molecule has 0 aromatic heterocycles. The van der Waals surface area contributed by atoms with Crippen molar-refractivity contribution in [2.45, 2.75) is 75.4 Å². The molecule has 1 aromatic carbocycles. The number of nitrogens with zero attached hydrogens (tertiary/aromatic N) is 1. The fourth-order valence-electron chi connectivity index (χ4n) is 3.89. The van der Waals surface area contributed by atoms with Gasteiger partial charge in [-0.1, -0.05) is 30.3 Å². The van der Waals surface area contributed by atoms with Crippen LogP contribution >= 0.6 is 0 Å². The summed E-state index contributed by atoms with van der Waals surface area (Å²) < 4.78 is 22.7. The van der Waals surface area contributed by atoms with E-state index in [0.717, 1.165) is 5.56 Å². The summed E-state index contributed by atoms with van der Waals surface area (Å²) in [6, 6.07) is 9.39. The normalized spacial score (nSPS) is 40.6. The molecule has 4 rings (SSSR count).